The number of anilines is 1. The maximum absolute atomic E-state index is 12.9. The normalized spacial score (nSPS) is 11.0. The summed E-state index contributed by atoms with van der Waals surface area (Å²) in [4.78, 5) is 46.9. The van der Waals surface area contributed by atoms with Gasteiger partial charge >= 0.3 is 5.69 Å². The molecular weight excluding hydrogens is 466 g/mol. The average Bonchev–Trinajstić information content (AvgIpc) is 3.23. The molecule has 0 bridgehead atoms. The predicted molar refractivity (Wildman–Crippen MR) is 126 cm³/mol. The van der Waals surface area contributed by atoms with Crippen LogP contribution >= 0.6 is 23.1 Å². The van der Waals surface area contributed by atoms with Gasteiger partial charge in [-0.3, -0.25) is 24.0 Å². The Morgan fingerprint density at radius 3 is 2.48 bits per heavy atom. The number of aryl methyl sites for hydroxylation is 2. The summed E-state index contributed by atoms with van der Waals surface area (Å²) >= 11 is 2.34. The third-order valence-electron chi connectivity index (χ3n) is 4.73. The van der Waals surface area contributed by atoms with E-state index in [-0.39, 0.29) is 22.7 Å². The lowest BCUT2D eigenvalue weighted by atomic mass is 10.2. The minimum atomic E-state index is -0.531. The lowest BCUT2D eigenvalue weighted by molar-refractivity contribution is -0.113. The Labute approximate surface area is 195 Å². The molecule has 0 aliphatic heterocycles. The number of hydrogen-bond donors (Lipinski definition) is 1. The van der Waals surface area contributed by atoms with E-state index < -0.39 is 11.2 Å². The first-order valence-electron chi connectivity index (χ1n) is 9.63. The predicted octanol–water partition coefficient (Wildman–Crippen LogP) is 1.59. The van der Waals surface area contributed by atoms with Gasteiger partial charge in [-0.05, 0) is 31.2 Å². The molecule has 13 heteroatoms. The van der Waals surface area contributed by atoms with Crippen LogP contribution in [0.15, 0.2) is 38.9 Å². The van der Waals surface area contributed by atoms with Crippen molar-refractivity contribution in [3.63, 3.8) is 0 Å². The summed E-state index contributed by atoms with van der Waals surface area (Å²) in [7, 11) is 4.49. The number of benzene rings is 1. The number of carbonyl (C=O) groups is 1. The second-order valence-corrected chi connectivity index (χ2v) is 9.09. The molecule has 1 amide bonds. The number of rotatable bonds is 6. The van der Waals surface area contributed by atoms with Crippen molar-refractivity contribution < 1.29 is 9.53 Å². The lowest BCUT2D eigenvalue weighted by Crippen LogP contribution is -2.37. The molecule has 0 saturated carbocycles. The van der Waals surface area contributed by atoms with Gasteiger partial charge in [-0.1, -0.05) is 23.1 Å². The van der Waals surface area contributed by atoms with Gasteiger partial charge in [-0.25, -0.2) is 14.8 Å². The molecule has 0 fully saturated rings. The molecule has 0 atom stereocenters. The largest absolute Gasteiger partial charge is 0.497 e. The molecule has 0 unspecified atom stereocenters. The van der Waals surface area contributed by atoms with Gasteiger partial charge in [0.25, 0.3) is 5.56 Å². The maximum atomic E-state index is 12.9. The van der Waals surface area contributed by atoms with Crippen molar-refractivity contribution in [2.24, 2.45) is 14.1 Å². The summed E-state index contributed by atoms with van der Waals surface area (Å²) in [6.45, 7) is 1.79. The van der Waals surface area contributed by atoms with Crippen LogP contribution in [0.2, 0.25) is 0 Å². The molecule has 0 aliphatic carbocycles. The Kier molecular flexibility index (Phi) is 6.24. The molecule has 0 saturated heterocycles. The highest BCUT2D eigenvalue weighted by Crippen LogP contribution is 2.27. The summed E-state index contributed by atoms with van der Waals surface area (Å²) in [6.07, 6.45) is 0. The zero-order valence-electron chi connectivity index (χ0n) is 18.1. The summed E-state index contributed by atoms with van der Waals surface area (Å²) in [5.74, 6) is 0.629. The van der Waals surface area contributed by atoms with Gasteiger partial charge < -0.3 is 4.74 Å². The lowest BCUT2D eigenvalue weighted by Gasteiger charge is -2.12. The molecule has 4 rings (SSSR count). The van der Waals surface area contributed by atoms with Crippen LogP contribution in [0.1, 0.15) is 5.01 Å². The quantitative estimate of drug-likeness (QED) is 0.319. The molecule has 4 aromatic rings. The fourth-order valence-corrected chi connectivity index (χ4v) is 4.46. The zero-order chi connectivity index (χ0) is 23.7. The number of fused-ring (bicyclic) bond motifs is 1. The molecule has 0 aliphatic rings. The van der Waals surface area contributed by atoms with Gasteiger partial charge in [0.05, 0.1) is 12.9 Å². The van der Waals surface area contributed by atoms with Crippen LogP contribution in [0.4, 0.5) is 5.13 Å². The molecule has 11 nitrogen and oxygen atoms in total. The Hall–Kier alpha value is -3.58. The van der Waals surface area contributed by atoms with Crippen LogP contribution < -0.4 is 21.3 Å². The van der Waals surface area contributed by atoms with E-state index in [1.54, 1.807) is 38.3 Å². The molecule has 1 aromatic carbocycles. The summed E-state index contributed by atoms with van der Waals surface area (Å²) in [5, 5.41) is 12.0. The SMILES string of the molecule is COc1ccc(-c2nc(SCC(=O)Nc3nnc(C)s3)c3c(=O)n(C)c(=O)n(C)c3n2)cc1. The first-order chi connectivity index (χ1) is 15.8. The third-order valence-corrected chi connectivity index (χ3v) is 6.46. The molecule has 0 spiro atoms. The van der Waals surface area contributed by atoms with Crippen molar-refractivity contribution in [2.45, 2.75) is 11.9 Å². The van der Waals surface area contributed by atoms with Gasteiger partial charge in [-0.15, -0.1) is 10.2 Å². The van der Waals surface area contributed by atoms with E-state index in [0.29, 0.717) is 27.3 Å². The van der Waals surface area contributed by atoms with Crippen LogP contribution in [0.25, 0.3) is 22.4 Å². The maximum Gasteiger partial charge on any atom is 0.332 e. The fourth-order valence-electron chi connectivity index (χ4n) is 3.04. The van der Waals surface area contributed by atoms with Crippen LogP contribution in [-0.2, 0) is 18.9 Å². The van der Waals surface area contributed by atoms with Crippen LogP contribution in [0.3, 0.4) is 0 Å². The highest BCUT2D eigenvalue weighted by Gasteiger charge is 2.19. The highest BCUT2D eigenvalue weighted by molar-refractivity contribution is 8.00. The van der Waals surface area contributed by atoms with Crippen molar-refractivity contribution in [3.8, 4) is 17.1 Å². The second-order valence-electron chi connectivity index (χ2n) is 6.95. The first kappa shape index (κ1) is 22.6. The van der Waals surface area contributed by atoms with Gasteiger partial charge in [0, 0.05) is 19.7 Å². The number of carbonyl (C=O) groups excluding carboxylic acids is 1. The van der Waals surface area contributed by atoms with Crippen LogP contribution in [0.5, 0.6) is 5.75 Å². The molecule has 33 heavy (non-hydrogen) atoms. The number of thioether (sulfide) groups is 1. The van der Waals surface area contributed by atoms with Gasteiger partial charge in [0.1, 0.15) is 21.2 Å². The van der Waals surface area contributed by atoms with Crippen molar-refractivity contribution >= 4 is 45.2 Å². The number of nitrogens with zero attached hydrogens (tertiary/aromatic N) is 6. The van der Waals surface area contributed by atoms with E-state index in [1.807, 2.05) is 0 Å². The molecule has 170 valence electrons. The Bertz CT molecular complexity index is 1480. The number of amides is 1. The number of aromatic nitrogens is 6. The number of nitrogens with one attached hydrogen (secondary N) is 1. The van der Waals surface area contributed by atoms with E-state index in [9.17, 15) is 14.4 Å². The van der Waals surface area contributed by atoms with Crippen molar-refractivity contribution in [2.75, 3.05) is 18.2 Å². The smallest absolute Gasteiger partial charge is 0.332 e. The number of ether oxygens (including phenoxy) is 1. The Balaban J connectivity index is 1.77. The number of hydrogen-bond acceptors (Lipinski definition) is 10. The summed E-state index contributed by atoms with van der Waals surface area (Å²) in [5.41, 5.74) is -0.183. The fraction of sp³-hybridized carbons (Fsp3) is 0.250. The molecular formula is C20H19N7O4S2. The minimum absolute atomic E-state index is 0.0290. The van der Waals surface area contributed by atoms with Crippen molar-refractivity contribution in [1.82, 2.24) is 29.3 Å². The molecule has 0 radical (unpaired) electrons. The molecule has 3 heterocycles. The van der Waals surface area contributed by atoms with Gasteiger partial charge in [-0.2, -0.15) is 0 Å². The van der Waals surface area contributed by atoms with Crippen LogP contribution in [-0.4, -0.2) is 48.1 Å². The standard InChI is InChI=1S/C20H19N7O4S2/c1-10-24-25-19(33-10)21-13(28)9-32-17-14-16(26(2)20(30)27(3)18(14)29)22-15(23-17)11-5-7-12(31-4)8-6-11/h5-8H,9H2,1-4H3,(H,21,25,28). The topological polar surface area (TPSA) is 134 Å². The van der Waals surface area contributed by atoms with Crippen molar-refractivity contribution in [1.29, 1.82) is 0 Å². The first-order valence-corrected chi connectivity index (χ1v) is 11.4. The van der Waals surface area contributed by atoms with E-state index >= 15 is 0 Å². The monoisotopic (exact) mass is 485 g/mol. The van der Waals surface area contributed by atoms with E-state index in [4.69, 9.17) is 4.74 Å². The van der Waals surface area contributed by atoms with E-state index in [2.05, 4.69) is 25.5 Å². The highest BCUT2D eigenvalue weighted by atomic mass is 32.2. The van der Waals surface area contributed by atoms with E-state index in [0.717, 1.165) is 21.3 Å². The second kappa shape index (κ2) is 9.11. The minimum Gasteiger partial charge on any atom is -0.497 e. The summed E-state index contributed by atoms with van der Waals surface area (Å²) < 4.78 is 7.47. The Morgan fingerprint density at radius 2 is 1.85 bits per heavy atom. The van der Waals surface area contributed by atoms with Gasteiger partial charge in [0.15, 0.2) is 11.5 Å². The van der Waals surface area contributed by atoms with Crippen molar-refractivity contribution in [3.05, 3.63) is 50.1 Å². The average molecular weight is 486 g/mol. The zero-order valence-corrected chi connectivity index (χ0v) is 19.8. The van der Waals surface area contributed by atoms with Gasteiger partial charge in [0.2, 0.25) is 11.0 Å². The summed E-state index contributed by atoms with van der Waals surface area (Å²) in [6, 6.07) is 7.07. The molecule has 3 aromatic heterocycles. The van der Waals surface area contributed by atoms with Crippen LogP contribution in [0, 0.1) is 6.92 Å². The number of methoxy groups -OCH3 is 1. The third kappa shape index (κ3) is 4.50. The van der Waals surface area contributed by atoms with E-state index in [1.165, 1.54) is 30.0 Å². The molecule has 1 N–H and O–H groups in total. The Morgan fingerprint density at radius 1 is 1.12 bits per heavy atom.